The van der Waals surface area contributed by atoms with E-state index in [0.717, 1.165) is 32.6 Å². The molecule has 2 rings (SSSR count). The molecule has 0 aliphatic carbocycles. The van der Waals surface area contributed by atoms with Crippen molar-refractivity contribution in [2.75, 3.05) is 26.2 Å². The summed E-state index contributed by atoms with van der Waals surface area (Å²) < 4.78 is 0. The standard InChI is InChI=1S/C15H22N2O/c1-13-11-16-9-7-15(18)17(12-13)10-8-14-5-3-2-4-6-14/h2-6,13,16H,7-12H2,1H3. The molecule has 1 aromatic rings. The van der Waals surface area contributed by atoms with E-state index in [-0.39, 0.29) is 5.91 Å². The van der Waals surface area contributed by atoms with E-state index >= 15 is 0 Å². The third kappa shape index (κ3) is 3.84. The number of carbonyl (C=O) groups is 1. The number of amides is 1. The Hall–Kier alpha value is -1.35. The third-order valence-electron chi connectivity index (χ3n) is 3.41. The lowest BCUT2D eigenvalue weighted by molar-refractivity contribution is -0.132. The van der Waals surface area contributed by atoms with E-state index in [9.17, 15) is 4.79 Å². The Kier molecular flexibility index (Phi) is 4.76. The summed E-state index contributed by atoms with van der Waals surface area (Å²) in [6.07, 6.45) is 1.58. The summed E-state index contributed by atoms with van der Waals surface area (Å²) in [5.74, 6) is 0.815. The van der Waals surface area contributed by atoms with Gasteiger partial charge in [-0.05, 0) is 24.4 Å². The number of benzene rings is 1. The summed E-state index contributed by atoms with van der Waals surface area (Å²) in [6, 6.07) is 10.4. The van der Waals surface area contributed by atoms with Gasteiger partial charge in [-0.1, -0.05) is 37.3 Å². The zero-order chi connectivity index (χ0) is 12.8. The fourth-order valence-electron chi connectivity index (χ4n) is 2.37. The van der Waals surface area contributed by atoms with Crippen LogP contribution in [0.3, 0.4) is 0 Å². The van der Waals surface area contributed by atoms with Gasteiger partial charge in [0.15, 0.2) is 0 Å². The van der Waals surface area contributed by atoms with Gasteiger partial charge in [0.05, 0.1) is 0 Å². The summed E-state index contributed by atoms with van der Waals surface area (Å²) in [5.41, 5.74) is 1.30. The van der Waals surface area contributed by atoms with Crippen molar-refractivity contribution in [2.45, 2.75) is 19.8 Å². The van der Waals surface area contributed by atoms with Crippen molar-refractivity contribution >= 4 is 5.91 Å². The van der Waals surface area contributed by atoms with Crippen molar-refractivity contribution in [1.82, 2.24) is 10.2 Å². The van der Waals surface area contributed by atoms with Crippen molar-refractivity contribution < 1.29 is 4.79 Å². The highest BCUT2D eigenvalue weighted by atomic mass is 16.2. The van der Waals surface area contributed by atoms with Gasteiger partial charge in [0.2, 0.25) is 5.91 Å². The first kappa shape index (κ1) is 13.1. The molecule has 1 aliphatic rings. The Morgan fingerprint density at radius 1 is 1.33 bits per heavy atom. The molecular weight excluding hydrogens is 224 g/mol. The van der Waals surface area contributed by atoms with Crippen LogP contribution < -0.4 is 5.32 Å². The third-order valence-corrected chi connectivity index (χ3v) is 3.41. The van der Waals surface area contributed by atoms with Crippen LogP contribution in [0.15, 0.2) is 30.3 Å². The van der Waals surface area contributed by atoms with Crippen LogP contribution in [0.2, 0.25) is 0 Å². The molecule has 1 saturated heterocycles. The molecule has 0 aromatic heterocycles. The molecule has 0 radical (unpaired) electrons. The van der Waals surface area contributed by atoms with Gasteiger partial charge in [0.25, 0.3) is 0 Å². The maximum atomic E-state index is 12.0. The Morgan fingerprint density at radius 2 is 2.11 bits per heavy atom. The van der Waals surface area contributed by atoms with Gasteiger partial charge >= 0.3 is 0 Å². The summed E-state index contributed by atoms with van der Waals surface area (Å²) >= 11 is 0. The lowest BCUT2D eigenvalue weighted by atomic mass is 10.1. The van der Waals surface area contributed by atoms with Gasteiger partial charge in [0, 0.05) is 26.1 Å². The maximum Gasteiger partial charge on any atom is 0.223 e. The highest BCUT2D eigenvalue weighted by molar-refractivity contribution is 5.76. The minimum absolute atomic E-state index is 0.282. The molecule has 0 saturated carbocycles. The van der Waals surface area contributed by atoms with E-state index in [2.05, 4.69) is 36.5 Å². The largest absolute Gasteiger partial charge is 0.342 e. The van der Waals surface area contributed by atoms with Gasteiger partial charge in [0.1, 0.15) is 0 Å². The molecular formula is C15H22N2O. The van der Waals surface area contributed by atoms with Gasteiger partial charge in [-0.2, -0.15) is 0 Å². The van der Waals surface area contributed by atoms with Crippen molar-refractivity contribution in [3.63, 3.8) is 0 Å². The molecule has 1 unspecified atom stereocenters. The number of rotatable bonds is 3. The van der Waals surface area contributed by atoms with Crippen LogP contribution in [0.25, 0.3) is 0 Å². The van der Waals surface area contributed by atoms with Crippen LogP contribution >= 0.6 is 0 Å². The van der Waals surface area contributed by atoms with Crippen molar-refractivity contribution in [1.29, 1.82) is 0 Å². The first-order valence-electron chi connectivity index (χ1n) is 6.78. The van der Waals surface area contributed by atoms with E-state index in [0.29, 0.717) is 12.3 Å². The first-order valence-corrected chi connectivity index (χ1v) is 6.78. The van der Waals surface area contributed by atoms with Crippen LogP contribution in [0.4, 0.5) is 0 Å². The second-order valence-electron chi connectivity index (χ2n) is 5.13. The van der Waals surface area contributed by atoms with E-state index in [1.54, 1.807) is 0 Å². The van der Waals surface area contributed by atoms with Gasteiger partial charge in [-0.15, -0.1) is 0 Å². The molecule has 0 bridgehead atoms. The maximum absolute atomic E-state index is 12.0. The minimum Gasteiger partial charge on any atom is -0.342 e. The molecule has 1 atom stereocenters. The number of hydrogen-bond acceptors (Lipinski definition) is 2. The van der Waals surface area contributed by atoms with Crippen LogP contribution in [0.5, 0.6) is 0 Å². The minimum atomic E-state index is 0.282. The molecule has 0 spiro atoms. The summed E-state index contributed by atoms with van der Waals surface area (Å²) in [6.45, 7) is 5.73. The number of carbonyl (C=O) groups excluding carboxylic acids is 1. The van der Waals surface area contributed by atoms with Gasteiger partial charge in [-0.3, -0.25) is 4.79 Å². The number of nitrogens with one attached hydrogen (secondary N) is 1. The van der Waals surface area contributed by atoms with E-state index in [1.165, 1.54) is 5.56 Å². The fourth-order valence-corrected chi connectivity index (χ4v) is 2.37. The quantitative estimate of drug-likeness (QED) is 0.880. The fraction of sp³-hybridized carbons (Fsp3) is 0.533. The second-order valence-corrected chi connectivity index (χ2v) is 5.13. The van der Waals surface area contributed by atoms with Crippen molar-refractivity contribution in [2.24, 2.45) is 5.92 Å². The molecule has 98 valence electrons. The zero-order valence-electron chi connectivity index (χ0n) is 11.1. The summed E-state index contributed by atoms with van der Waals surface area (Å²) in [4.78, 5) is 14.0. The second kappa shape index (κ2) is 6.55. The first-order chi connectivity index (χ1) is 8.75. The molecule has 1 aliphatic heterocycles. The topological polar surface area (TPSA) is 32.3 Å². The van der Waals surface area contributed by atoms with Crippen LogP contribution in [-0.2, 0) is 11.2 Å². The lowest BCUT2D eigenvalue weighted by Gasteiger charge is -2.28. The number of nitrogens with zero attached hydrogens (tertiary/aromatic N) is 1. The van der Waals surface area contributed by atoms with E-state index < -0.39 is 0 Å². The SMILES string of the molecule is CC1CNCCC(=O)N(CCc2ccccc2)C1. The monoisotopic (exact) mass is 246 g/mol. The number of hydrogen-bond donors (Lipinski definition) is 1. The van der Waals surface area contributed by atoms with Gasteiger partial charge in [-0.25, -0.2) is 0 Å². The van der Waals surface area contributed by atoms with Crippen molar-refractivity contribution in [3.8, 4) is 0 Å². The average Bonchev–Trinajstić information content (AvgIpc) is 2.39. The lowest BCUT2D eigenvalue weighted by Crippen LogP contribution is -2.43. The molecule has 1 N–H and O–H groups in total. The Bertz CT molecular complexity index is 377. The molecule has 3 heteroatoms. The van der Waals surface area contributed by atoms with E-state index in [1.807, 2.05) is 11.0 Å². The van der Waals surface area contributed by atoms with Gasteiger partial charge < -0.3 is 10.2 Å². The predicted octanol–water partition coefficient (Wildman–Crippen LogP) is 1.69. The molecule has 1 aromatic carbocycles. The van der Waals surface area contributed by atoms with E-state index in [4.69, 9.17) is 0 Å². The highest BCUT2D eigenvalue weighted by Gasteiger charge is 2.18. The van der Waals surface area contributed by atoms with Crippen LogP contribution in [0, 0.1) is 5.92 Å². The molecule has 3 nitrogen and oxygen atoms in total. The Morgan fingerprint density at radius 3 is 2.89 bits per heavy atom. The smallest absolute Gasteiger partial charge is 0.223 e. The predicted molar refractivity (Wildman–Crippen MR) is 73.4 cm³/mol. The van der Waals surface area contributed by atoms with Crippen LogP contribution in [-0.4, -0.2) is 37.0 Å². The zero-order valence-corrected chi connectivity index (χ0v) is 11.1. The Labute approximate surface area is 109 Å². The summed E-state index contributed by atoms with van der Waals surface area (Å²) in [7, 11) is 0. The van der Waals surface area contributed by atoms with Crippen LogP contribution in [0.1, 0.15) is 18.9 Å². The molecule has 1 heterocycles. The van der Waals surface area contributed by atoms with Crippen molar-refractivity contribution in [3.05, 3.63) is 35.9 Å². The molecule has 1 fully saturated rings. The summed E-state index contributed by atoms with van der Waals surface area (Å²) in [5, 5.41) is 3.31. The highest BCUT2D eigenvalue weighted by Crippen LogP contribution is 2.07. The normalized spacial score (nSPS) is 21.5. The molecule has 1 amide bonds. The average molecular weight is 246 g/mol. The Balaban J connectivity index is 1.90. The molecule has 18 heavy (non-hydrogen) atoms.